The number of rotatable bonds is 11. The molecule has 1 heterocycles. The SMILES string of the molecule is Oc1ccc(-c2ncc(CCCCCCCOCc3ccccc3)cn2)cc1. The molecule has 0 aliphatic rings. The van der Waals surface area contributed by atoms with Gasteiger partial charge in [0, 0.05) is 24.6 Å². The van der Waals surface area contributed by atoms with E-state index >= 15 is 0 Å². The molecule has 0 bridgehead atoms. The number of aryl methyl sites for hydroxylation is 1. The molecule has 0 aliphatic carbocycles. The lowest BCUT2D eigenvalue weighted by molar-refractivity contribution is 0.116. The fourth-order valence-corrected chi connectivity index (χ4v) is 3.07. The first-order chi connectivity index (χ1) is 13.8. The fourth-order valence-electron chi connectivity index (χ4n) is 3.07. The number of hydrogen-bond donors (Lipinski definition) is 1. The minimum Gasteiger partial charge on any atom is -0.508 e. The third kappa shape index (κ3) is 6.78. The molecule has 3 rings (SSSR count). The van der Waals surface area contributed by atoms with Gasteiger partial charge in [0.25, 0.3) is 0 Å². The first-order valence-electron chi connectivity index (χ1n) is 10.0. The Morgan fingerprint density at radius 1 is 0.714 bits per heavy atom. The summed E-state index contributed by atoms with van der Waals surface area (Å²) in [7, 11) is 0. The standard InChI is InChI=1S/C24H28N2O2/c27-23-14-12-22(13-15-23)24-25-17-21(18-26-24)11-5-2-1-3-8-16-28-19-20-9-6-4-7-10-20/h4,6-7,9-10,12-15,17-18,27H,1-3,5,8,11,16,19H2. The van der Waals surface area contributed by atoms with Crippen LogP contribution in [0.3, 0.4) is 0 Å². The number of unbranched alkanes of at least 4 members (excludes halogenated alkanes) is 4. The van der Waals surface area contributed by atoms with Crippen LogP contribution in [0.2, 0.25) is 0 Å². The molecule has 0 radical (unpaired) electrons. The van der Waals surface area contributed by atoms with E-state index in [1.54, 1.807) is 12.1 Å². The Balaban J connectivity index is 1.25. The summed E-state index contributed by atoms with van der Waals surface area (Å²) in [5, 5.41) is 9.35. The number of aromatic hydroxyl groups is 1. The van der Waals surface area contributed by atoms with Crippen molar-refractivity contribution in [2.45, 2.75) is 45.1 Å². The summed E-state index contributed by atoms with van der Waals surface area (Å²) in [6.45, 7) is 1.54. The maximum atomic E-state index is 9.35. The average molecular weight is 376 g/mol. The first-order valence-corrected chi connectivity index (χ1v) is 10.0. The van der Waals surface area contributed by atoms with Crippen molar-refractivity contribution in [2.75, 3.05) is 6.61 Å². The number of ether oxygens (including phenoxy) is 1. The zero-order chi connectivity index (χ0) is 19.4. The summed E-state index contributed by atoms with van der Waals surface area (Å²) < 4.78 is 5.72. The largest absolute Gasteiger partial charge is 0.508 e. The quantitative estimate of drug-likeness (QED) is 0.445. The summed E-state index contributed by atoms with van der Waals surface area (Å²) in [4.78, 5) is 8.89. The zero-order valence-electron chi connectivity index (χ0n) is 16.3. The molecule has 1 aromatic heterocycles. The molecule has 0 unspecified atom stereocenters. The number of phenolic OH excluding ortho intramolecular Hbond substituents is 1. The molecule has 146 valence electrons. The lowest BCUT2D eigenvalue weighted by Gasteiger charge is -2.05. The smallest absolute Gasteiger partial charge is 0.159 e. The molecular weight excluding hydrogens is 348 g/mol. The molecule has 4 nitrogen and oxygen atoms in total. The van der Waals surface area contributed by atoms with E-state index in [2.05, 4.69) is 22.1 Å². The Hall–Kier alpha value is -2.72. The van der Waals surface area contributed by atoms with Gasteiger partial charge >= 0.3 is 0 Å². The van der Waals surface area contributed by atoms with Gasteiger partial charge in [-0.2, -0.15) is 0 Å². The second-order valence-electron chi connectivity index (χ2n) is 7.02. The Bertz CT molecular complexity index is 802. The number of phenols is 1. The summed E-state index contributed by atoms with van der Waals surface area (Å²) in [6.07, 6.45) is 10.8. The predicted octanol–water partition coefficient (Wildman–Crippen LogP) is 5.56. The van der Waals surface area contributed by atoms with E-state index in [1.165, 1.54) is 30.4 Å². The van der Waals surface area contributed by atoms with Crippen molar-refractivity contribution in [2.24, 2.45) is 0 Å². The maximum absolute atomic E-state index is 9.35. The number of aromatic nitrogens is 2. The van der Waals surface area contributed by atoms with Crippen LogP contribution in [0, 0.1) is 0 Å². The summed E-state index contributed by atoms with van der Waals surface area (Å²) >= 11 is 0. The van der Waals surface area contributed by atoms with Gasteiger partial charge in [-0.15, -0.1) is 0 Å². The lowest BCUT2D eigenvalue weighted by Crippen LogP contribution is -1.96. The Morgan fingerprint density at radius 2 is 1.39 bits per heavy atom. The van der Waals surface area contributed by atoms with Crippen LogP contribution in [-0.2, 0) is 17.8 Å². The van der Waals surface area contributed by atoms with Crippen LogP contribution >= 0.6 is 0 Å². The monoisotopic (exact) mass is 376 g/mol. The fraction of sp³-hybridized carbons (Fsp3) is 0.333. The molecule has 2 aromatic carbocycles. The van der Waals surface area contributed by atoms with Crippen molar-refractivity contribution in [3.8, 4) is 17.1 Å². The zero-order valence-corrected chi connectivity index (χ0v) is 16.3. The van der Waals surface area contributed by atoms with Crippen LogP contribution in [0.1, 0.15) is 43.2 Å². The van der Waals surface area contributed by atoms with E-state index in [4.69, 9.17) is 4.74 Å². The molecular formula is C24H28N2O2. The van der Waals surface area contributed by atoms with E-state index < -0.39 is 0 Å². The molecule has 0 atom stereocenters. The van der Waals surface area contributed by atoms with E-state index in [0.29, 0.717) is 12.4 Å². The van der Waals surface area contributed by atoms with Crippen LogP contribution in [0.5, 0.6) is 5.75 Å². The summed E-state index contributed by atoms with van der Waals surface area (Å²) in [5.41, 5.74) is 3.33. The highest BCUT2D eigenvalue weighted by Crippen LogP contribution is 2.18. The highest BCUT2D eigenvalue weighted by Gasteiger charge is 2.02. The van der Waals surface area contributed by atoms with E-state index in [9.17, 15) is 5.11 Å². The molecule has 0 spiro atoms. The van der Waals surface area contributed by atoms with Gasteiger partial charge < -0.3 is 9.84 Å². The van der Waals surface area contributed by atoms with E-state index in [1.807, 2.05) is 42.7 Å². The number of nitrogens with zero attached hydrogens (tertiary/aromatic N) is 2. The van der Waals surface area contributed by atoms with Crippen molar-refractivity contribution in [3.63, 3.8) is 0 Å². The minimum absolute atomic E-state index is 0.253. The van der Waals surface area contributed by atoms with Crippen LogP contribution in [0.25, 0.3) is 11.4 Å². The van der Waals surface area contributed by atoms with Gasteiger partial charge in [0.05, 0.1) is 6.61 Å². The third-order valence-electron chi connectivity index (χ3n) is 4.70. The molecule has 28 heavy (non-hydrogen) atoms. The first kappa shape index (κ1) is 20.0. The molecule has 1 N–H and O–H groups in total. The summed E-state index contributed by atoms with van der Waals surface area (Å²) in [5.74, 6) is 0.947. The molecule has 0 amide bonds. The second kappa shape index (κ2) is 11.2. The van der Waals surface area contributed by atoms with Crippen LogP contribution < -0.4 is 0 Å². The predicted molar refractivity (Wildman–Crippen MR) is 112 cm³/mol. The Morgan fingerprint density at radius 3 is 2.14 bits per heavy atom. The van der Waals surface area contributed by atoms with Crippen LogP contribution in [0.4, 0.5) is 0 Å². The molecule has 3 aromatic rings. The molecule has 0 fully saturated rings. The van der Waals surface area contributed by atoms with Gasteiger partial charge in [-0.3, -0.25) is 0 Å². The third-order valence-corrected chi connectivity index (χ3v) is 4.70. The van der Waals surface area contributed by atoms with E-state index in [-0.39, 0.29) is 5.75 Å². The minimum atomic E-state index is 0.253. The average Bonchev–Trinajstić information content (AvgIpc) is 2.74. The topological polar surface area (TPSA) is 55.2 Å². The molecule has 0 saturated carbocycles. The van der Waals surface area contributed by atoms with Gasteiger partial charge in [0.15, 0.2) is 5.82 Å². The van der Waals surface area contributed by atoms with Crippen molar-refractivity contribution in [1.29, 1.82) is 0 Å². The van der Waals surface area contributed by atoms with Gasteiger partial charge in [-0.05, 0) is 54.7 Å². The normalized spacial score (nSPS) is 10.9. The number of benzene rings is 2. The highest BCUT2D eigenvalue weighted by atomic mass is 16.5. The molecule has 4 heteroatoms. The molecule has 0 aliphatic heterocycles. The van der Waals surface area contributed by atoms with Crippen molar-refractivity contribution in [3.05, 3.63) is 78.1 Å². The second-order valence-corrected chi connectivity index (χ2v) is 7.02. The lowest BCUT2D eigenvalue weighted by atomic mass is 10.1. The maximum Gasteiger partial charge on any atom is 0.159 e. The van der Waals surface area contributed by atoms with Crippen LogP contribution in [0.15, 0.2) is 67.0 Å². The highest BCUT2D eigenvalue weighted by molar-refractivity contribution is 5.55. The Kier molecular flexibility index (Phi) is 8.01. The Labute approximate surface area is 167 Å². The van der Waals surface area contributed by atoms with Gasteiger partial charge in [-0.25, -0.2) is 9.97 Å². The van der Waals surface area contributed by atoms with Crippen molar-refractivity contribution < 1.29 is 9.84 Å². The van der Waals surface area contributed by atoms with Crippen LogP contribution in [-0.4, -0.2) is 21.7 Å². The van der Waals surface area contributed by atoms with Gasteiger partial charge in [0.1, 0.15) is 5.75 Å². The van der Waals surface area contributed by atoms with Gasteiger partial charge in [0.2, 0.25) is 0 Å². The summed E-state index contributed by atoms with van der Waals surface area (Å²) in [6, 6.07) is 17.3. The number of hydrogen-bond acceptors (Lipinski definition) is 4. The van der Waals surface area contributed by atoms with Crippen molar-refractivity contribution in [1.82, 2.24) is 9.97 Å². The van der Waals surface area contributed by atoms with E-state index in [0.717, 1.165) is 31.4 Å². The van der Waals surface area contributed by atoms with Gasteiger partial charge in [-0.1, -0.05) is 49.6 Å². The van der Waals surface area contributed by atoms with Crippen molar-refractivity contribution >= 4 is 0 Å². The molecule has 0 saturated heterocycles.